The van der Waals surface area contributed by atoms with Gasteiger partial charge in [-0.2, -0.15) is 0 Å². The summed E-state index contributed by atoms with van der Waals surface area (Å²) in [5.74, 6) is -0.563. The molecular formula is C23H34N2O4. The summed E-state index contributed by atoms with van der Waals surface area (Å²) in [6.07, 6.45) is 12.7. The Labute approximate surface area is 175 Å². The highest BCUT2D eigenvalue weighted by Crippen LogP contribution is 2.26. The number of ether oxygens (including phenoxy) is 1. The van der Waals surface area contributed by atoms with E-state index in [0.717, 1.165) is 31.6 Å². The number of carbonyl (C=O) groups excluding carboxylic acids is 3. The summed E-state index contributed by atoms with van der Waals surface area (Å²) < 4.78 is 4.95. The summed E-state index contributed by atoms with van der Waals surface area (Å²) in [5.41, 5.74) is 1.82. The van der Waals surface area contributed by atoms with Crippen LogP contribution in [-0.4, -0.2) is 45.4 Å². The number of amides is 1. The van der Waals surface area contributed by atoms with Gasteiger partial charge in [-0.25, -0.2) is 4.79 Å². The van der Waals surface area contributed by atoms with Crippen molar-refractivity contribution >= 4 is 24.4 Å². The number of esters is 1. The van der Waals surface area contributed by atoms with E-state index >= 15 is 0 Å². The molecule has 160 valence electrons. The molecule has 1 aromatic carbocycles. The molecule has 0 atom stereocenters. The molecule has 0 spiro atoms. The highest BCUT2D eigenvalue weighted by molar-refractivity contribution is 6.01. The molecule has 29 heavy (non-hydrogen) atoms. The smallest absolute Gasteiger partial charge is 0.339 e. The van der Waals surface area contributed by atoms with Crippen LogP contribution >= 0.6 is 0 Å². The average molecular weight is 403 g/mol. The molecule has 1 heterocycles. The zero-order valence-corrected chi connectivity index (χ0v) is 18.1. The normalized spacial score (nSPS) is 13.5. The fourth-order valence-electron chi connectivity index (χ4n) is 2.99. The van der Waals surface area contributed by atoms with Crippen LogP contribution in [0.25, 0.3) is 0 Å². The molecule has 2 rings (SSSR count). The van der Waals surface area contributed by atoms with E-state index in [1.54, 1.807) is 12.1 Å². The van der Waals surface area contributed by atoms with E-state index in [1.807, 2.05) is 12.9 Å². The predicted octanol–water partition coefficient (Wildman–Crippen LogP) is 3.69. The number of methoxy groups -OCH3 is 1. The Morgan fingerprint density at radius 3 is 2.14 bits per heavy atom. The first kappa shape index (κ1) is 26.2. The van der Waals surface area contributed by atoms with Gasteiger partial charge in [0.05, 0.1) is 18.4 Å². The second kappa shape index (κ2) is 13.4. The molecule has 0 unspecified atom stereocenters. The molecule has 0 aliphatic carbocycles. The lowest BCUT2D eigenvalue weighted by Gasteiger charge is -2.25. The van der Waals surface area contributed by atoms with Crippen LogP contribution in [-0.2, 0) is 9.53 Å². The highest BCUT2D eigenvalue weighted by Gasteiger charge is 2.21. The van der Waals surface area contributed by atoms with Crippen LogP contribution < -0.4 is 10.2 Å². The predicted molar refractivity (Wildman–Crippen MR) is 117 cm³/mol. The first-order valence-corrected chi connectivity index (χ1v) is 9.69. The number of hydrogen-bond donors (Lipinski definition) is 1. The Bertz CT molecular complexity index is 669. The van der Waals surface area contributed by atoms with Crippen molar-refractivity contribution in [2.24, 2.45) is 5.41 Å². The molecule has 1 N–H and O–H groups in total. The van der Waals surface area contributed by atoms with Gasteiger partial charge < -0.3 is 19.7 Å². The van der Waals surface area contributed by atoms with Gasteiger partial charge >= 0.3 is 5.97 Å². The zero-order valence-electron chi connectivity index (χ0n) is 18.1. The third kappa shape index (κ3) is 8.82. The van der Waals surface area contributed by atoms with Gasteiger partial charge in [-0.05, 0) is 36.5 Å². The molecule has 1 aromatic rings. The number of anilines is 1. The van der Waals surface area contributed by atoms with Crippen LogP contribution in [0, 0.1) is 18.3 Å². The van der Waals surface area contributed by atoms with Crippen molar-refractivity contribution in [3.05, 3.63) is 29.3 Å². The van der Waals surface area contributed by atoms with Crippen molar-refractivity contribution < 1.29 is 19.1 Å². The summed E-state index contributed by atoms with van der Waals surface area (Å²) >= 11 is 0. The van der Waals surface area contributed by atoms with Crippen molar-refractivity contribution in [2.45, 2.75) is 46.5 Å². The molecule has 1 saturated heterocycles. The van der Waals surface area contributed by atoms with Gasteiger partial charge in [0.25, 0.3) is 5.91 Å². The first-order chi connectivity index (χ1) is 13.8. The Kier molecular flexibility index (Phi) is 12.1. The van der Waals surface area contributed by atoms with Gasteiger partial charge in [-0.1, -0.05) is 33.6 Å². The maximum Gasteiger partial charge on any atom is 0.339 e. The minimum Gasteiger partial charge on any atom is -0.465 e. The molecule has 0 aromatic heterocycles. The monoisotopic (exact) mass is 402 g/mol. The Morgan fingerprint density at radius 2 is 1.66 bits per heavy atom. The minimum atomic E-state index is -0.398. The van der Waals surface area contributed by atoms with Crippen LogP contribution in [0.15, 0.2) is 18.2 Å². The number of nitrogens with zero attached hydrogens (tertiary/aromatic N) is 1. The van der Waals surface area contributed by atoms with Gasteiger partial charge in [0, 0.05) is 25.2 Å². The summed E-state index contributed by atoms with van der Waals surface area (Å²) in [4.78, 5) is 34.9. The van der Waals surface area contributed by atoms with Crippen molar-refractivity contribution in [3.8, 4) is 12.8 Å². The highest BCUT2D eigenvalue weighted by atomic mass is 16.5. The molecule has 1 aliphatic heterocycles. The number of carbonyl (C=O) groups is 3. The van der Waals surface area contributed by atoms with Crippen molar-refractivity contribution in [1.29, 1.82) is 0 Å². The van der Waals surface area contributed by atoms with Gasteiger partial charge in [-0.15, -0.1) is 12.8 Å². The molecule has 6 nitrogen and oxygen atoms in total. The summed E-state index contributed by atoms with van der Waals surface area (Å²) in [7, 11) is 1.38. The number of terminal acetylenes is 1. The van der Waals surface area contributed by atoms with E-state index in [2.05, 4.69) is 43.8 Å². The summed E-state index contributed by atoms with van der Waals surface area (Å²) in [6, 6.07) is 5.33. The fraction of sp³-hybridized carbons (Fsp3) is 0.522. The summed E-state index contributed by atoms with van der Waals surface area (Å²) in [5, 5.41) is 2.93. The Morgan fingerprint density at radius 1 is 1.10 bits per heavy atom. The topological polar surface area (TPSA) is 75.7 Å². The van der Waals surface area contributed by atoms with E-state index in [1.165, 1.54) is 20.0 Å². The van der Waals surface area contributed by atoms with E-state index in [0.29, 0.717) is 17.7 Å². The lowest BCUT2D eigenvalue weighted by Crippen LogP contribution is -2.32. The number of hydrogen-bond acceptors (Lipinski definition) is 5. The van der Waals surface area contributed by atoms with Gasteiger partial charge in [-0.3, -0.25) is 4.79 Å². The van der Waals surface area contributed by atoms with Crippen LogP contribution in [0.2, 0.25) is 0 Å². The average Bonchev–Trinajstić information content (AvgIpc) is 3.03. The van der Waals surface area contributed by atoms with E-state index < -0.39 is 5.97 Å². The molecule has 6 heteroatoms. The zero-order chi connectivity index (χ0) is 22.4. The standard InChI is InChI=1S/C20H30N2O3.C2H2.CH2O/c1-20(2,3)14-21-18(23)15-9-10-17(16(13-15)19(24)25-4)22-11-7-5-6-8-12-22;2*1-2/h9-10,13H,5-8,11-12,14H2,1-4H3,(H,21,23);1-2H;1H2. The summed E-state index contributed by atoms with van der Waals surface area (Å²) in [6.45, 7) is 10.6. The van der Waals surface area contributed by atoms with Crippen molar-refractivity contribution in [3.63, 3.8) is 0 Å². The largest absolute Gasteiger partial charge is 0.465 e. The van der Waals surface area contributed by atoms with Crippen molar-refractivity contribution in [2.75, 3.05) is 31.6 Å². The van der Waals surface area contributed by atoms with E-state index in [4.69, 9.17) is 9.53 Å². The quantitative estimate of drug-likeness (QED) is 0.614. The maximum absolute atomic E-state index is 12.4. The third-order valence-corrected chi connectivity index (χ3v) is 4.39. The first-order valence-electron chi connectivity index (χ1n) is 9.69. The van der Waals surface area contributed by atoms with Crippen LogP contribution in [0.5, 0.6) is 0 Å². The van der Waals surface area contributed by atoms with E-state index in [9.17, 15) is 9.59 Å². The van der Waals surface area contributed by atoms with Gasteiger partial charge in [0.1, 0.15) is 6.79 Å². The Hall–Kier alpha value is -2.81. The number of nitrogens with one attached hydrogen (secondary N) is 1. The second-order valence-electron chi connectivity index (χ2n) is 7.87. The SMILES string of the molecule is C#C.C=O.COC(=O)c1cc(C(=O)NCC(C)(C)C)ccc1N1CCCCCC1. The molecule has 0 radical (unpaired) electrons. The molecule has 0 bridgehead atoms. The van der Waals surface area contributed by atoms with Gasteiger partial charge in [0.15, 0.2) is 0 Å². The Balaban J connectivity index is 0.00000184. The lowest BCUT2D eigenvalue weighted by atomic mass is 9.97. The third-order valence-electron chi connectivity index (χ3n) is 4.39. The van der Waals surface area contributed by atoms with Crippen LogP contribution in [0.4, 0.5) is 5.69 Å². The molecule has 1 aliphatic rings. The van der Waals surface area contributed by atoms with Crippen molar-refractivity contribution in [1.82, 2.24) is 5.32 Å². The molecule has 1 fully saturated rings. The second-order valence-corrected chi connectivity index (χ2v) is 7.87. The number of rotatable bonds is 4. The van der Waals surface area contributed by atoms with Gasteiger partial charge in [0.2, 0.25) is 0 Å². The lowest BCUT2D eigenvalue weighted by molar-refractivity contribution is -0.0980. The fourth-order valence-corrected chi connectivity index (χ4v) is 2.99. The number of benzene rings is 1. The van der Waals surface area contributed by atoms with Crippen LogP contribution in [0.3, 0.4) is 0 Å². The molecule has 1 amide bonds. The van der Waals surface area contributed by atoms with Crippen LogP contribution in [0.1, 0.15) is 67.2 Å². The van der Waals surface area contributed by atoms with E-state index in [-0.39, 0.29) is 11.3 Å². The molecule has 0 saturated carbocycles. The molecular weight excluding hydrogens is 368 g/mol. The minimum absolute atomic E-state index is 0.00678. The maximum atomic E-state index is 12.4.